The van der Waals surface area contributed by atoms with Crippen molar-refractivity contribution in [2.24, 2.45) is 52.3 Å². The first-order chi connectivity index (χ1) is 15.2. The van der Waals surface area contributed by atoms with Gasteiger partial charge in [0.05, 0.1) is 12.7 Å². The van der Waals surface area contributed by atoms with E-state index in [1.807, 2.05) is 6.92 Å². The summed E-state index contributed by atoms with van der Waals surface area (Å²) < 4.78 is 5.16. The van der Waals surface area contributed by atoms with Gasteiger partial charge < -0.3 is 9.84 Å². The highest BCUT2D eigenvalue weighted by molar-refractivity contribution is 5.86. The lowest BCUT2D eigenvalue weighted by atomic mass is 9.42. The fraction of sp³-hybridized carbons (Fsp3) is 0.929. The highest BCUT2D eigenvalue weighted by Crippen LogP contribution is 2.68. The molecule has 4 heteroatoms. The minimum Gasteiger partial charge on any atom is -0.466 e. The first-order valence-corrected chi connectivity index (χ1v) is 13.5. The minimum absolute atomic E-state index is 0.0746. The van der Waals surface area contributed by atoms with Crippen molar-refractivity contribution in [2.45, 2.75) is 105 Å². The van der Waals surface area contributed by atoms with E-state index < -0.39 is 0 Å². The van der Waals surface area contributed by atoms with Crippen molar-refractivity contribution < 1.29 is 19.4 Å². The smallest absolute Gasteiger partial charge is 0.305 e. The number of carbonyl (C=O) groups excluding carboxylic acids is 2. The summed E-state index contributed by atoms with van der Waals surface area (Å²) in [7, 11) is 0. The molecule has 2 unspecified atom stereocenters. The molecule has 4 saturated carbocycles. The van der Waals surface area contributed by atoms with Gasteiger partial charge >= 0.3 is 5.97 Å². The Hall–Kier alpha value is -0.900. The van der Waals surface area contributed by atoms with Gasteiger partial charge in [0, 0.05) is 18.3 Å². The Morgan fingerprint density at radius 2 is 1.75 bits per heavy atom. The summed E-state index contributed by atoms with van der Waals surface area (Å²) in [4.78, 5) is 25.9. The van der Waals surface area contributed by atoms with Crippen LogP contribution in [0.2, 0.25) is 0 Å². The third-order valence-corrected chi connectivity index (χ3v) is 11.0. The molecule has 0 aliphatic heterocycles. The van der Waals surface area contributed by atoms with Crippen LogP contribution in [0.4, 0.5) is 0 Å². The summed E-state index contributed by atoms with van der Waals surface area (Å²) >= 11 is 0. The molecule has 0 amide bonds. The summed E-state index contributed by atoms with van der Waals surface area (Å²) in [6.45, 7) is 11.8. The van der Waals surface area contributed by atoms with Gasteiger partial charge in [0.25, 0.3) is 0 Å². The van der Waals surface area contributed by atoms with E-state index in [0.717, 1.165) is 44.9 Å². The van der Waals surface area contributed by atoms with Crippen molar-refractivity contribution in [2.75, 3.05) is 6.61 Å². The molecule has 4 aliphatic rings. The summed E-state index contributed by atoms with van der Waals surface area (Å²) in [5, 5.41) is 10.4. The maximum Gasteiger partial charge on any atom is 0.305 e. The number of fused-ring (bicyclic) bond motifs is 5. The number of carbonyl (C=O) groups is 2. The van der Waals surface area contributed by atoms with Gasteiger partial charge in [-0.1, -0.05) is 27.7 Å². The van der Waals surface area contributed by atoms with Crippen molar-refractivity contribution in [3.05, 3.63) is 0 Å². The van der Waals surface area contributed by atoms with Crippen LogP contribution in [0.1, 0.15) is 98.8 Å². The van der Waals surface area contributed by atoms with Crippen molar-refractivity contribution >= 4 is 11.8 Å². The predicted octanol–water partition coefficient (Wildman–Crippen LogP) is 5.80. The largest absolute Gasteiger partial charge is 0.466 e. The van der Waals surface area contributed by atoms with Gasteiger partial charge in [-0.25, -0.2) is 0 Å². The summed E-state index contributed by atoms with van der Waals surface area (Å²) in [5.41, 5.74) is 0.411. The van der Waals surface area contributed by atoms with E-state index in [9.17, 15) is 14.7 Å². The Morgan fingerprint density at radius 3 is 2.44 bits per heavy atom. The minimum atomic E-state index is -0.226. The second-order valence-corrected chi connectivity index (χ2v) is 12.2. The first kappa shape index (κ1) is 24.2. The number of Topliss-reactive ketones (excluding diaryl/α,β-unsaturated/α-hetero) is 1. The molecule has 4 rings (SSSR count). The van der Waals surface area contributed by atoms with Gasteiger partial charge in [-0.15, -0.1) is 0 Å². The normalized spacial score (nSPS) is 46.7. The zero-order valence-corrected chi connectivity index (χ0v) is 21.1. The monoisotopic (exact) mass is 446 g/mol. The molecule has 0 aromatic rings. The third-order valence-electron chi connectivity index (χ3n) is 11.0. The van der Waals surface area contributed by atoms with Crippen LogP contribution >= 0.6 is 0 Å². The zero-order valence-electron chi connectivity index (χ0n) is 21.1. The molecule has 0 spiro atoms. The van der Waals surface area contributed by atoms with E-state index in [2.05, 4.69) is 27.7 Å². The standard InChI is InChI=1S/C28H46O4/c1-6-19-23-16-18(29)12-14-28(23,5)22-13-15-27(4)20(9-10-21(27)25(22)26(19)31)17(3)8-11-24(30)32-7-2/h17-23,25,29H,6-16H2,1-5H3/t17-,18-,19-,20-,21+,22?,23+,25?,27-,28-/m1/s1. The molecular weight excluding hydrogens is 400 g/mol. The van der Waals surface area contributed by atoms with Gasteiger partial charge in [-0.3, -0.25) is 9.59 Å². The average Bonchev–Trinajstić information content (AvgIpc) is 3.11. The van der Waals surface area contributed by atoms with Crippen LogP contribution in [0, 0.1) is 52.3 Å². The Bertz CT molecular complexity index is 718. The van der Waals surface area contributed by atoms with E-state index in [-0.39, 0.29) is 34.7 Å². The SMILES string of the molecule is CCOC(=O)CC[C@@H](C)[C@H]1CC[C@H]2C3C(=O)[C@H](CC)[C@@H]4C[C@H](O)CC[C@]4(C)C3CC[C@]12C. The van der Waals surface area contributed by atoms with E-state index in [1.54, 1.807) is 0 Å². The second-order valence-electron chi connectivity index (χ2n) is 12.2. The summed E-state index contributed by atoms with van der Waals surface area (Å²) in [6.07, 6.45) is 9.61. The molecule has 4 nitrogen and oxygen atoms in total. The second kappa shape index (κ2) is 9.04. The zero-order chi connectivity index (χ0) is 23.3. The number of rotatable bonds is 6. The van der Waals surface area contributed by atoms with Gasteiger partial charge in [0.15, 0.2) is 0 Å². The Labute approximate surface area is 195 Å². The molecule has 182 valence electrons. The fourth-order valence-corrected chi connectivity index (χ4v) is 9.39. The summed E-state index contributed by atoms with van der Waals surface area (Å²) in [6, 6.07) is 0. The molecule has 4 fully saturated rings. The Morgan fingerprint density at radius 1 is 1.06 bits per heavy atom. The molecular formula is C28H46O4. The molecule has 4 aliphatic carbocycles. The maximum absolute atomic E-state index is 14.0. The van der Waals surface area contributed by atoms with E-state index in [0.29, 0.717) is 48.4 Å². The number of aliphatic hydroxyl groups excluding tert-OH is 1. The van der Waals surface area contributed by atoms with Crippen molar-refractivity contribution in [3.8, 4) is 0 Å². The molecule has 1 N–H and O–H groups in total. The topological polar surface area (TPSA) is 63.6 Å². The third kappa shape index (κ3) is 3.77. The maximum atomic E-state index is 14.0. The highest BCUT2D eigenvalue weighted by Gasteiger charge is 2.65. The van der Waals surface area contributed by atoms with Crippen molar-refractivity contribution in [3.63, 3.8) is 0 Å². The van der Waals surface area contributed by atoms with Crippen LogP contribution in [-0.4, -0.2) is 29.6 Å². The number of esters is 1. The number of hydrogen-bond acceptors (Lipinski definition) is 4. The fourth-order valence-electron chi connectivity index (χ4n) is 9.39. The van der Waals surface area contributed by atoms with Gasteiger partial charge in [0.2, 0.25) is 0 Å². The first-order valence-electron chi connectivity index (χ1n) is 13.5. The molecule has 0 heterocycles. The van der Waals surface area contributed by atoms with Gasteiger partial charge in [0.1, 0.15) is 5.78 Å². The lowest BCUT2D eigenvalue weighted by Gasteiger charge is -2.62. The van der Waals surface area contributed by atoms with E-state index in [1.165, 1.54) is 12.8 Å². The Kier molecular flexibility index (Phi) is 6.85. The van der Waals surface area contributed by atoms with Crippen molar-refractivity contribution in [1.82, 2.24) is 0 Å². The number of aliphatic hydroxyl groups is 1. The molecule has 0 bridgehead atoms. The molecule has 10 atom stereocenters. The molecule has 0 aromatic heterocycles. The van der Waals surface area contributed by atoms with E-state index >= 15 is 0 Å². The Balaban J connectivity index is 1.56. The number of hydrogen-bond donors (Lipinski definition) is 1. The molecule has 0 saturated heterocycles. The van der Waals surface area contributed by atoms with E-state index in [4.69, 9.17) is 4.74 Å². The van der Waals surface area contributed by atoms with Crippen LogP contribution in [-0.2, 0) is 14.3 Å². The predicted molar refractivity (Wildman–Crippen MR) is 126 cm³/mol. The number of ether oxygens (including phenoxy) is 1. The lowest BCUT2D eigenvalue weighted by Crippen LogP contribution is -2.60. The van der Waals surface area contributed by atoms with Crippen LogP contribution < -0.4 is 0 Å². The average molecular weight is 447 g/mol. The van der Waals surface area contributed by atoms with Crippen LogP contribution in [0.15, 0.2) is 0 Å². The quantitative estimate of drug-likeness (QED) is 0.524. The van der Waals surface area contributed by atoms with Crippen LogP contribution in [0.3, 0.4) is 0 Å². The summed E-state index contributed by atoms with van der Waals surface area (Å²) in [5.74, 6) is 3.20. The molecule has 0 aromatic carbocycles. The molecule has 0 radical (unpaired) electrons. The van der Waals surface area contributed by atoms with Crippen LogP contribution in [0.25, 0.3) is 0 Å². The lowest BCUT2D eigenvalue weighted by molar-refractivity contribution is -0.173. The van der Waals surface area contributed by atoms with Gasteiger partial charge in [-0.05, 0) is 105 Å². The molecule has 32 heavy (non-hydrogen) atoms. The van der Waals surface area contributed by atoms with Gasteiger partial charge in [-0.2, -0.15) is 0 Å². The number of ketones is 1. The van der Waals surface area contributed by atoms with Crippen molar-refractivity contribution in [1.29, 1.82) is 0 Å². The highest BCUT2D eigenvalue weighted by atomic mass is 16.5. The van der Waals surface area contributed by atoms with Crippen LogP contribution in [0.5, 0.6) is 0 Å².